The number of nitrogens with zero attached hydrogens (tertiary/aromatic N) is 1. The Morgan fingerprint density at radius 2 is 1.82 bits per heavy atom. The predicted molar refractivity (Wildman–Crippen MR) is 102 cm³/mol. The molecular formula is C16H28N6O6. The number of nitrogens with two attached hydrogens (primary N) is 4. The number of carboxylic acids is 2. The number of aliphatic carboxylic acids is 2. The maximum absolute atomic E-state index is 11.0. The van der Waals surface area contributed by atoms with Crippen LogP contribution in [-0.2, 0) is 16.0 Å². The van der Waals surface area contributed by atoms with Crippen molar-refractivity contribution in [1.29, 1.82) is 0 Å². The lowest BCUT2D eigenvalue weighted by Crippen LogP contribution is -2.54. The lowest BCUT2D eigenvalue weighted by Gasteiger charge is -2.23. The lowest BCUT2D eigenvalue weighted by molar-refractivity contribution is -0.144. The molecule has 1 aromatic carbocycles. The van der Waals surface area contributed by atoms with Crippen LogP contribution in [0.4, 0.5) is 0 Å². The fourth-order valence-corrected chi connectivity index (χ4v) is 1.92. The SMILES string of the molecule is C[C@@](Cc1ccc(O)c(O)c1)(NN)C(=O)O.NC(N)=NCCC[C@H](N)C(=O)O. The van der Waals surface area contributed by atoms with E-state index in [0.717, 1.165) is 0 Å². The molecule has 0 aromatic heterocycles. The number of hydrogen-bond acceptors (Lipinski definition) is 8. The normalized spacial score (nSPS) is 13.4. The Hall–Kier alpha value is -3.09. The smallest absolute Gasteiger partial charge is 0.325 e. The zero-order chi connectivity index (χ0) is 21.9. The highest BCUT2D eigenvalue weighted by Gasteiger charge is 2.32. The molecule has 158 valence electrons. The van der Waals surface area contributed by atoms with Crippen LogP contribution in [0.1, 0.15) is 25.3 Å². The first-order valence-corrected chi connectivity index (χ1v) is 8.18. The molecule has 12 heteroatoms. The van der Waals surface area contributed by atoms with Gasteiger partial charge in [0.15, 0.2) is 17.5 Å². The monoisotopic (exact) mass is 400 g/mol. The van der Waals surface area contributed by atoms with E-state index in [0.29, 0.717) is 24.9 Å². The number of nitrogens with one attached hydrogen (secondary N) is 1. The van der Waals surface area contributed by atoms with Crippen molar-refractivity contribution in [2.24, 2.45) is 28.0 Å². The molecule has 1 aromatic rings. The second-order valence-electron chi connectivity index (χ2n) is 6.17. The average molecular weight is 400 g/mol. The van der Waals surface area contributed by atoms with Gasteiger partial charge in [-0.05, 0) is 37.5 Å². The first-order chi connectivity index (χ1) is 12.9. The van der Waals surface area contributed by atoms with E-state index < -0.39 is 23.5 Å². The van der Waals surface area contributed by atoms with Gasteiger partial charge in [0.05, 0.1) is 0 Å². The van der Waals surface area contributed by atoms with Gasteiger partial charge in [-0.25, -0.2) is 5.43 Å². The van der Waals surface area contributed by atoms with Gasteiger partial charge in [0.1, 0.15) is 11.6 Å². The maximum Gasteiger partial charge on any atom is 0.325 e. The number of guanidine groups is 1. The van der Waals surface area contributed by atoms with Crippen LogP contribution >= 0.6 is 0 Å². The van der Waals surface area contributed by atoms with Crippen LogP contribution < -0.4 is 28.5 Å². The highest BCUT2D eigenvalue weighted by atomic mass is 16.4. The van der Waals surface area contributed by atoms with E-state index in [1.54, 1.807) is 0 Å². The molecular weight excluding hydrogens is 372 g/mol. The summed E-state index contributed by atoms with van der Waals surface area (Å²) in [5, 5.41) is 35.7. The summed E-state index contributed by atoms with van der Waals surface area (Å²) < 4.78 is 0. The van der Waals surface area contributed by atoms with Gasteiger partial charge in [0.25, 0.3) is 0 Å². The van der Waals surface area contributed by atoms with Crippen molar-refractivity contribution >= 4 is 17.9 Å². The summed E-state index contributed by atoms with van der Waals surface area (Å²) in [5.41, 5.74) is 16.8. The molecule has 12 nitrogen and oxygen atoms in total. The predicted octanol–water partition coefficient (Wildman–Crippen LogP) is -1.60. The molecule has 0 saturated heterocycles. The standard InChI is InChI=1S/C10H14N2O4.C6H14N4O2/c1-10(12-11,9(15)16)5-6-2-3-7(13)8(14)4-6;7-4(5(11)12)2-1-3-10-6(8)9/h2-4,12-14H,5,11H2,1H3,(H,15,16);4H,1-3,7H2,(H,11,12)(H4,8,9,10)/t10-;4-/m00/s1. The molecule has 28 heavy (non-hydrogen) atoms. The van der Waals surface area contributed by atoms with E-state index in [-0.39, 0.29) is 23.9 Å². The Bertz CT molecular complexity index is 694. The van der Waals surface area contributed by atoms with Gasteiger partial charge < -0.3 is 37.6 Å². The van der Waals surface area contributed by atoms with Crippen LogP contribution in [0, 0.1) is 0 Å². The third-order valence-corrected chi connectivity index (χ3v) is 3.67. The van der Waals surface area contributed by atoms with Gasteiger partial charge in [-0.1, -0.05) is 6.07 Å². The second kappa shape index (κ2) is 11.6. The Kier molecular flexibility index (Phi) is 10.3. The molecule has 0 radical (unpaired) electrons. The van der Waals surface area contributed by atoms with Gasteiger partial charge in [-0.15, -0.1) is 0 Å². The van der Waals surface area contributed by atoms with Gasteiger partial charge >= 0.3 is 11.9 Å². The molecule has 0 unspecified atom stereocenters. The lowest BCUT2D eigenvalue weighted by atomic mass is 9.93. The molecule has 2 atom stereocenters. The van der Waals surface area contributed by atoms with E-state index in [1.807, 2.05) is 0 Å². The summed E-state index contributed by atoms with van der Waals surface area (Å²) in [6, 6.07) is 3.30. The number of aromatic hydroxyl groups is 2. The topological polar surface area (TPSA) is 244 Å². The summed E-state index contributed by atoms with van der Waals surface area (Å²) in [7, 11) is 0. The van der Waals surface area contributed by atoms with E-state index >= 15 is 0 Å². The fraction of sp³-hybridized carbons (Fsp3) is 0.438. The van der Waals surface area contributed by atoms with E-state index in [2.05, 4.69) is 10.4 Å². The molecule has 13 N–H and O–H groups in total. The number of hydrazine groups is 1. The third kappa shape index (κ3) is 9.02. The van der Waals surface area contributed by atoms with Crippen molar-refractivity contribution in [2.45, 2.75) is 37.8 Å². The third-order valence-electron chi connectivity index (χ3n) is 3.67. The fourth-order valence-electron chi connectivity index (χ4n) is 1.92. The molecule has 0 heterocycles. The highest BCUT2D eigenvalue weighted by molar-refractivity contribution is 5.78. The van der Waals surface area contributed by atoms with E-state index in [9.17, 15) is 14.7 Å². The minimum atomic E-state index is -1.32. The summed E-state index contributed by atoms with van der Waals surface area (Å²) in [6.45, 7) is 1.85. The number of phenols is 2. The van der Waals surface area contributed by atoms with Crippen LogP contribution in [0.25, 0.3) is 0 Å². The minimum absolute atomic E-state index is 0.0129. The van der Waals surface area contributed by atoms with Gasteiger partial charge in [0, 0.05) is 13.0 Å². The molecule has 0 aliphatic rings. The molecule has 0 spiro atoms. The molecule has 0 saturated carbocycles. The average Bonchev–Trinajstić information content (AvgIpc) is 2.61. The van der Waals surface area contributed by atoms with Crippen LogP contribution in [0.3, 0.4) is 0 Å². The Morgan fingerprint density at radius 3 is 2.25 bits per heavy atom. The quantitative estimate of drug-likeness (QED) is 0.0570. The minimum Gasteiger partial charge on any atom is -0.504 e. The molecule has 0 bridgehead atoms. The number of carbonyl (C=O) groups is 2. The molecule has 0 aliphatic heterocycles. The van der Waals surface area contributed by atoms with Crippen LogP contribution in [0.2, 0.25) is 0 Å². The molecule has 0 aliphatic carbocycles. The summed E-state index contributed by atoms with van der Waals surface area (Å²) in [4.78, 5) is 24.9. The summed E-state index contributed by atoms with van der Waals surface area (Å²) in [5.74, 6) is 2.56. The van der Waals surface area contributed by atoms with Crippen LogP contribution in [0.15, 0.2) is 23.2 Å². The van der Waals surface area contributed by atoms with Crippen molar-refractivity contribution in [1.82, 2.24) is 5.43 Å². The summed E-state index contributed by atoms with van der Waals surface area (Å²) in [6.07, 6.45) is 1.05. The molecule has 0 amide bonds. The number of rotatable bonds is 9. The first kappa shape index (κ1) is 24.9. The number of phenolic OH excluding ortho intramolecular Hbond substituents is 2. The van der Waals surface area contributed by atoms with Gasteiger partial charge in [0.2, 0.25) is 0 Å². The molecule has 0 fully saturated rings. The van der Waals surface area contributed by atoms with E-state index in [1.165, 1.54) is 25.1 Å². The summed E-state index contributed by atoms with van der Waals surface area (Å²) >= 11 is 0. The Balaban J connectivity index is 0.000000546. The van der Waals surface area contributed by atoms with Crippen molar-refractivity contribution in [3.63, 3.8) is 0 Å². The van der Waals surface area contributed by atoms with E-state index in [4.69, 9.17) is 38.4 Å². The largest absolute Gasteiger partial charge is 0.504 e. The van der Waals surface area contributed by atoms with Gasteiger partial charge in [-0.3, -0.25) is 20.4 Å². The number of hydrogen-bond donors (Lipinski definition) is 9. The van der Waals surface area contributed by atoms with Crippen molar-refractivity contribution in [3.8, 4) is 11.5 Å². The number of carboxylic acid groups (broad SMARTS) is 2. The molecule has 1 rings (SSSR count). The number of benzene rings is 1. The van der Waals surface area contributed by atoms with Crippen LogP contribution in [-0.4, -0.2) is 56.4 Å². The highest BCUT2D eigenvalue weighted by Crippen LogP contribution is 2.26. The second-order valence-corrected chi connectivity index (χ2v) is 6.17. The van der Waals surface area contributed by atoms with Gasteiger partial charge in [-0.2, -0.15) is 0 Å². The van der Waals surface area contributed by atoms with Crippen LogP contribution in [0.5, 0.6) is 11.5 Å². The zero-order valence-electron chi connectivity index (χ0n) is 15.5. The first-order valence-electron chi connectivity index (χ1n) is 8.18. The Labute approximate surface area is 161 Å². The zero-order valence-corrected chi connectivity index (χ0v) is 15.5. The Morgan fingerprint density at radius 1 is 1.21 bits per heavy atom. The van der Waals surface area contributed by atoms with Crippen molar-refractivity contribution in [3.05, 3.63) is 23.8 Å². The number of aliphatic imine (C=N–C) groups is 1. The van der Waals surface area contributed by atoms with Crippen molar-refractivity contribution < 1.29 is 30.0 Å². The maximum atomic E-state index is 11.0. The van der Waals surface area contributed by atoms with Crippen molar-refractivity contribution in [2.75, 3.05) is 6.54 Å².